The Kier molecular flexibility index (Phi) is 5.10. The first-order valence-electron chi connectivity index (χ1n) is 11.6. The Morgan fingerprint density at radius 1 is 1.00 bits per heavy atom. The van der Waals surface area contributed by atoms with E-state index in [0.29, 0.717) is 19.4 Å². The van der Waals surface area contributed by atoms with Crippen LogP contribution in [0.2, 0.25) is 0 Å². The number of aliphatic hydroxyl groups is 2. The van der Waals surface area contributed by atoms with Crippen molar-refractivity contribution in [2.75, 3.05) is 6.61 Å². The highest BCUT2D eigenvalue weighted by molar-refractivity contribution is 5.66. The van der Waals surface area contributed by atoms with E-state index in [2.05, 4.69) is 20.8 Å². The standard InChI is InChI=1S/C24H38O6/c1-14(25)29-13-22(4)8-6-9-23(5)16-7-10-21(3)12-18(27)24(16,20(21)28)19(11-17(22)23)30-15(2)26/h16-20,27-28H,6-13H2,1-5H3/t16-,17+,18+,19-,20?,21+,22+,23-,24-/m0/s1. The molecule has 170 valence electrons. The molecule has 1 unspecified atom stereocenters. The van der Waals surface area contributed by atoms with E-state index < -0.39 is 23.7 Å². The molecule has 4 rings (SSSR count). The number of fused-ring (bicyclic) bond motifs is 3. The number of hydrogen-bond donors (Lipinski definition) is 2. The molecular formula is C24H38O6. The van der Waals surface area contributed by atoms with Gasteiger partial charge >= 0.3 is 11.9 Å². The van der Waals surface area contributed by atoms with E-state index in [0.717, 1.165) is 32.1 Å². The molecule has 0 aromatic carbocycles. The number of ether oxygens (including phenoxy) is 2. The highest BCUT2D eigenvalue weighted by Gasteiger charge is 2.76. The molecule has 0 saturated heterocycles. The molecule has 2 bridgehead atoms. The molecule has 2 N–H and O–H groups in total. The number of carbonyl (C=O) groups is 2. The molecule has 0 heterocycles. The smallest absolute Gasteiger partial charge is 0.302 e. The first-order chi connectivity index (χ1) is 13.9. The van der Waals surface area contributed by atoms with Gasteiger partial charge < -0.3 is 19.7 Å². The fourth-order valence-electron chi connectivity index (χ4n) is 8.61. The molecule has 0 radical (unpaired) electrons. The Bertz CT molecular complexity index is 737. The van der Waals surface area contributed by atoms with Crippen LogP contribution in [0.25, 0.3) is 0 Å². The van der Waals surface area contributed by atoms with Crippen LogP contribution in [-0.4, -0.2) is 47.1 Å². The average molecular weight is 423 g/mol. The second-order valence-electron chi connectivity index (χ2n) is 11.5. The van der Waals surface area contributed by atoms with Gasteiger partial charge in [-0.15, -0.1) is 0 Å². The van der Waals surface area contributed by atoms with Gasteiger partial charge in [0.1, 0.15) is 6.10 Å². The van der Waals surface area contributed by atoms with Crippen molar-refractivity contribution in [3.05, 3.63) is 0 Å². The molecule has 4 aliphatic carbocycles. The Morgan fingerprint density at radius 2 is 1.70 bits per heavy atom. The Balaban J connectivity index is 1.81. The predicted octanol–water partition coefficient (Wildman–Crippen LogP) is 3.23. The van der Waals surface area contributed by atoms with E-state index in [-0.39, 0.29) is 40.0 Å². The van der Waals surface area contributed by atoms with Gasteiger partial charge in [0.2, 0.25) is 0 Å². The van der Waals surface area contributed by atoms with E-state index in [1.54, 1.807) is 0 Å². The van der Waals surface area contributed by atoms with E-state index in [1.807, 2.05) is 0 Å². The van der Waals surface area contributed by atoms with Crippen LogP contribution in [-0.2, 0) is 19.1 Å². The summed E-state index contributed by atoms with van der Waals surface area (Å²) in [6, 6.07) is 0. The van der Waals surface area contributed by atoms with Gasteiger partial charge in [0.15, 0.2) is 0 Å². The van der Waals surface area contributed by atoms with E-state index in [1.165, 1.54) is 13.8 Å². The SMILES string of the molecule is CC(=O)OC[C@@]1(C)CCC[C@]2(C)[C@@H]1C[C@H](OC(C)=O)[C@]13C(O)[C@](C)(CC[C@@H]21)C[C@H]3O. The van der Waals surface area contributed by atoms with Gasteiger partial charge in [0.05, 0.1) is 24.2 Å². The second kappa shape index (κ2) is 6.93. The maximum absolute atomic E-state index is 12.1. The zero-order valence-electron chi connectivity index (χ0n) is 19.1. The molecule has 4 aliphatic rings. The molecule has 0 aromatic heterocycles. The van der Waals surface area contributed by atoms with Gasteiger partial charge in [0.25, 0.3) is 0 Å². The van der Waals surface area contributed by atoms with Crippen molar-refractivity contribution >= 4 is 11.9 Å². The number of esters is 2. The molecular weight excluding hydrogens is 384 g/mol. The number of aliphatic hydroxyl groups excluding tert-OH is 2. The van der Waals surface area contributed by atoms with Gasteiger partial charge in [-0.3, -0.25) is 9.59 Å². The Morgan fingerprint density at radius 3 is 2.33 bits per heavy atom. The van der Waals surface area contributed by atoms with Crippen LogP contribution in [0, 0.1) is 33.5 Å². The summed E-state index contributed by atoms with van der Waals surface area (Å²) in [6.45, 7) is 9.77. The minimum atomic E-state index is -0.816. The lowest BCUT2D eigenvalue weighted by Crippen LogP contribution is -2.69. The first kappa shape index (κ1) is 22.1. The highest BCUT2D eigenvalue weighted by Crippen LogP contribution is 2.74. The van der Waals surface area contributed by atoms with Gasteiger partial charge in [-0.1, -0.05) is 27.2 Å². The summed E-state index contributed by atoms with van der Waals surface area (Å²) in [5, 5.41) is 23.0. The van der Waals surface area contributed by atoms with Crippen LogP contribution in [0.4, 0.5) is 0 Å². The largest absolute Gasteiger partial charge is 0.465 e. The third kappa shape index (κ3) is 2.82. The van der Waals surface area contributed by atoms with Crippen LogP contribution in [0.1, 0.15) is 79.6 Å². The van der Waals surface area contributed by atoms with Gasteiger partial charge in [-0.2, -0.15) is 0 Å². The van der Waals surface area contributed by atoms with Crippen LogP contribution in [0.5, 0.6) is 0 Å². The van der Waals surface area contributed by atoms with Crippen LogP contribution < -0.4 is 0 Å². The topological polar surface area (TPSA) is 93.1 Å². The van der Waals surface area contributed by atoms with Crippen molar-refractivity contribution < 1.29 is 29.3 Å². The summed E-state index contributed by atoms with van der Waals surface area (Å²) in [5.41, 5.74) is -1.48. The van der Waals surface area contributed by atoms with Crippen LogP contribution >= 0.6 is 0 Å². The summed E-state index contributed by atoms with van der Waals surface area (Å²) < 4.78 is 11.4. The van der Waals surface area contributed by atoms with E-state index in [9.17, 15) is 19.8 Å². The number of carbonyl (C=O) groups excluding carboxylic acids is 2. The molecule has 6 nitrogen and oxygen atoms in total. The molecule has 4 fully saturated rings. The van der Waals surface area contributed by atoms with Gasteiger partial charge in [-0.05, 0) is 61.2 Å². The summed E-state index contributed by atoms with van der Waals surface area (Å²) in [7, 11) is 0. The zero-order valence-corrected chi connectivity index (χ0v) is 19.1. The number of rotatable bonds is 3. The molecule has 0 aromatic rings. The lowest BCUT2D eigenvalue weighted by Gasteiger charge is -2.67. The minimum absolute atomic E-state index is 0.0608. The first-order valence-corrected chi connectivity index (χ1v) is 11.6. The summed E-state index contributed by atoms with van der Waals surface area (Å²) in [4.78, 5) is 23.7. The van der Waals surface area contributed by atoms with Crippen molar-refractivity contribution in [1.29, 1.82) is 0 Å². The monoisotopic (exact) mass is 422 g/mol. The summed E-state index contributed by atoms with van der Waals surface area (Å²) in [5.74, 6) is -0.400. The minimum Gasteiger partial charge on any atom is -0.465 e. The van der Waals surface area contributed by atoms with Crippen molar-refractivity contribution in [3.63, 3.8) is 0 Å². The van der Waals surface area contributed by atoms with E-state index >= 15 is 0 Å². The van der Waals surface area contributed by atoms with Crippen molar-refractivity contribution in [3.8, 4) is 0 Å². The molecule has 4 saturated carbocycles. The van der Waals surface area contributed by atoms with Crippen LogP contribution in [0.15, 0.2) is 0 Å². The molecule has 1 spiro atoms. The predicted molar refractivity (Wildman–Crippen MR) is 110 cm³/mol. The van der Waals surface area contributed by atoms with Crippen molar-refractivity contribution in [2.24, 2.45) is 33.5 Å². The normalized spacial score (nSPS) is 52.2. The molecule has 6 heteroatoms. The molecule has 0 aliphatic heterocycles. The number of hydrogen-bond acceptors (Lipinski definition) is 6. The quantitative estimate of drug-likeness (QED) is 0.679. The lowest BCUT2D eigenvalue weighted by atomic mass is 9.39. The van der Waals surface area contributed by atoms with Crippen molar-refractivity contribution in [1.82, 2.24) is 0 Å². The fourth-order valence-corrected chi connectivity index (χ4v) is 8.61. The maximum Gasteiger partial charge on any atom is 0.302 e. The molecule has 9 atom stereocenters. The summed E-state index contributed by atoms with van der Waals surface area (Å²) >= 11 is 0. The average Bonchev–Trinajstić information content (AvgIpc) is 2.74. The summed E-state index contributed by atoms with van der Waals surface area (Å²) in [6.07, 6.45) is 4.02. The van der Waals surface area contributed by atoms with Crippen molar-refractivity contribution in [2.45, 2.75) is 97.9 Å². The molecule has 30 heavy (non-hydrogen) atoms. The lowest BCUT2D eigenvalue weighted by molar-refractivity contribution is -0.269. The maximum atomic E-state index is 12.1. The zero-order chi connectivity index (χ0) is 22.1. The third-order valence-corrected chi connectivity index (χ3v) is 9.80. The molecule has 0 amide bonds. The van der Waals surface area contributed by atoms with E-state index in [4.69, 9.17) is 9.47 Å². The van der Waals surface area contributed by atoms with Gasteiger partial charge in [-0.25, -0.2) is 0 Å². The Hall–Kier alpha value is -1.14. The van der Waals surface area contributed by atoms with Crippen LogP contribution in [0.3, 0.4) is 0 Å². The third-order valence-electron chi connectivity index (χ3n) is 9.80. The Labute approximate surface area is 179 Å². The fraction of sp³-hybridized carbons (Fsp3) is 0.917. The second-order valence-corrected chi connectivity index (χ2v) is 11.5. The highest BCUT2D eigenvalue weighted by atomic mass is 16.5. The van der Waals surface area contributed by atoms with Gasteiger partial charge in [0, 0.05) is 19.3 Å².